The lowest BCUT2D eigenvalue weighted by molar-refractivity contribution is -0.386. The Balaban J connectivity index is 2.52. The number of nitrogens with zero attached hydrogens (tertiary/aromatic N) is 2. The van der Waals surface area contributed by atoms with E-state index in [0.717, 1.165) is 16.7 Å². The van der Waals surface area contributed by atoms with Gasteiger partial charge >= 0.3 is 5.69 Å². The maximum absolute atomic E-state index is 13.1. The molecule has 8 nitrogen and oxygen atoms in total. The smallest absolute Gasteiger partial charge is 0.327 e. The summed E-state index contributed by atoms with van der Waals surface area (Å²) in [5.74, 6) is -0.445. The van der Waals surface area contributed by atoms with E-state index in [-0.39, 0.29) is 22.8 Å². The highest BCUT2D eigenvalue weighted by Crippen LogP contribution is 2.46. The second-order valence-electron chi connectivity index (χ2n) is 6.39. The van der Waals surface area contributed by atoms with Crippen LogP contribution in [-0.4, -0.2) is 44.1 Å². The highest BCUT2D eigenvalue weighted by atomic mass is 16.6. The Labute approximate surface area is 163 Å². The zero-order valence-electron chi connectivity index (χ0n) is 16.9. The molecule has 0 heterocycles. The molecule has 0 saturated carbocycles. The fourth-order valence-electron chi connectivity index (χ4n) is 3.04. The van der Waals surface area contributed by atoms with Gasteiger partial charge in [-0.1, -0.05) is 23.8 Å². The lowest BCUT2D eigenvalue weighted by atomic mass is 10.0. The van der Waals surface area contributed by atoms with Crippen molar-refractivity contribution in [1.82, 2.24) is 4.90 Å². The monoisotopic (exact) mass is 388 g/mol. The number of methoxy groups -OCH3 is 3. The number of aryl methyl sites for hydroxylation is 2. The van der Waals surface area contributed by atoms with E-state index in [9.17, 15) is 14.9 Å². The van der Waals surface area contributed by atoms with Crippen molar-refractivity contribution in [2.45, 2.75) is 20.4 Å². The van der Waals surface area contributed by atoms with Gasteiger partial charge in [-0.3, -0.25) is 14.9 Å². The number of carbonyl (C=O) groups excluding carboxylic acids is 1. The Morgan fingerprint density at radius 2 is 1.71 bits per heavy atom. The molecule has 0 radical (unpaired) electrons. The Kier molecular flexibility index (Phi) is 6.45. The van der Waals surface area contributed by atoms with E-state index < -0.39 is 16.5 Å². The fourth-order valence-corrected chi connectivity index (χ4v) is 3.04. The normalized spacial score (nSPS) is 10.4. The van der Waals surface area contributed by atoms with Gasteiger partial charge in [0.25, 0.3) is 5.91 Å². The van der Waals surface area contributed by atoms with Gasteiger partial charge in [0.1, 0.15) is 5.56 Å². The first-order chi connectivity index (χ1) is 13.2. The third-order valence-electron chi connectivity index (χ3n) is 4.47. The van der Waals surface area contributed by atoms with Crippen LogP contribution in [-0.2, 0) is 6.54 Å². The number of benzene rings is 2. The molecule has 0 bridgehead atoms. The molecular weight excluding hydrogens is 364 g/mol. The maximum Gasteiger partial charge on any atom is 0.327 e. The highest BCUT2D eigenvalue weighted by Gasteiger charge is 2.33. The number of rotatable bonds is 7. The Morgan fingerprint density at radius 3 is 2.21 bits per heavy atom. The predicted molar refractivity (Wildman–Crippen MR) is 104 cm³/mol. The van der Waals surface area contributed by atoms with Crippen LogP contribution in [0.3, 0.4) is 0 Å². The van der Waals surface area contributed by atoms with E-state index in [4.69, 9.17) is 14.2 Å². The van der Waals surface area contributed by atoms with E-state index in [1.54, 1.807) is 7.05 Å². The van der Waals surface area contributed by atoms with Gasteiger partial charge in [-0.25, -0.2) is 0 Å². The summed E-state index contributed by atoms with van der Waals surface area (Å²) in [6.45, 7) is 4.26. The van der Waals surface area contributed by atoms with Gasteiger partial charge in [0, 0.05) is 19.7 Å². The molecule has 0 N–H and O–H groups in total. The number of carbonyl (C=O) groups is 1. The number of hydrogen-bond donors (Lipinski definition) is 0. The first-order valence-electron chi connectivity index (χ1n) is 8.54. The van der Waals surface area contributed by atoms with Crippen LogP contribution in [0.1, 0.15) is 27.0 Å². The fraction of sp³-hybridized carbons (Fsp3) is 0.350. The molecule has 28 heavy (non-hydrogen) atoms. The first kappa shape index (κ1) is 21.0. The number of nitro groups is 1. The molecule has 2 rings (SSSR count). The highest BCUT2D eigenvalue weighted by molar-refractivity contribution is 6.00. The largest absolute Gasteiger partial charge is 0.493 e. The molecule has 0 atom stereocenters. The van der Waals surface area contributed by atoms with E-state index >= 15 is 0 Å². The van der Waals surface area contributed by atoms with Crippen LogP contribution in [0.2, 0.25) is 0 Å². The third kappa shape index (κ3) is 4.00. The van der Waals surface area contributed by atoms with Crippen molar-refractivity contribution in [2.75, 3.05) is 28.4 Å². The van der Waals surface area contributed by atoms with Gasteiger partial charge in [0.15, 0.2) is 5.75 Å². The zero-order valence-corrected chi connectivity index (χ0v) is 16.9. The van der Waals surface area contributed by atoms with Crippen LogP contribution in [0.25, 0.3) is 0 Å². The van der Waals surface area contributed by atoms with Crippen molar-refractivity contribution in [3.05, 3.63) is 56.6 Å². The minimum atomic E-state index is -0.654. The van der Waals surface area contributed by atoms with Crippen LogP contribution < -0.4 is 14.2 Å². The summed E-state index contributed by atoms with van der Waals surface area (Å²) in [4.78, 5) is 25.5. The second-order valence-corrected chi connectivity index (χ2v) is 6.39. The molecule has 0 spiro atoms. The molecule has 0 aliphatic heterocycles. The quantitative estimate of drug-likeness (QED) is 0.532. The number of nitro benzene ring substituents is 1. The minimum Gasteiger partial charge on any atom is -0.493 e. The minimum absolute atomic E-state index is 0.0604. The molecule has 0 aliphatic carbocycles. The Morgan fingerprint density at radius 1 is 1.07 bits per heavy atom. The number of hydrogen-bond acceptors (Lipinski definition) is 6. The van der Waals surface area contributed by atoms with Crippen molar-refractivity contribution < 1.29 is 23.9 Å². The topological polar surface area (TPSA) is 91.1 Å². The Bertz CT molecular complexity index is 910. The molecule has 0 aliphatic rings. The average molecular weight is 388 g/mol. The van der Waals surface area contributed by atoms with Crippen molar-refractivity contribution in [3.63, 3.8) is 0 Å². The predicted octanol–water partition coefficient (Wildman–Crippen LogP) is 3.51. The standard InChI is InChI=1S/C20H24N2O6/c1-12-7-8-14(13(2)9-12)11-21(3)20(23)15-10-16(26-4)18(27-5)19(28-6)17(15)22(24)25/h7-10H,11H2,1-6H3. The van der Waals surface area contributed by atoms with Crippen molar-refractivity contribution in [2.24, 2.45) is 0 Å². The van der Waals surface area contributed by atoms with Gasteiger partial charge in [-0.05, 0) is 25.0 Å². The van der Waals surface area contributed by atoms with Crippen LogP contribution in [0.4, 0.5) is 5.69 Å². The molecule has 0 unspecified atom stereocenters. The van der Waals surface area contributed by atoms with Crippen molar-refractivity contribution in [1.29, 1.82) is 0 Å². The average Bonchev–Trinajstić information content (AvgIpc) is 2.67. The van der Waals surface area contributed by atoms with Crippen LogP contribution >= 0.6 is 0 Å². The van der Waals surface area contributed by atoms with Crippen LogP contribution in [0, 0.1) is 24.0 Å². The zero-order chi connectivity index (χ0) is 21.0. The van der Waals surface area contributed by atoms with Crippen LogP contribution in [0.15, 0.2) is 24.3 Å². The summed E-state index contributed by atoms with van der Waals surface area (Å²) in [6.07, 6.45) is 0. The van der Waals surface area contributed by atoms with Gasteiger partial charge < -0.3 is 19.1 Å². The molecular formula is C20H24N2O6. The number of ether oxygens (including phenoxy) is 3. The van der Waals surface area contributed by atoms with Crippen LogP contribution in [0.5, 0.6) is 17.2 Å². The summed E-state index contributed by atoms with van der Waals surface area (Å²) < 4.78 is 15.6. The van der Waals surface area contributed by atoms with Gasteiger partial charge in [0.2, 0.25) is 11.5 Å². The molecule has 150 valence electrons. The SMILES string of the molecule is COc1cc(C(=O)N(C)Cc2ccc(C)cc2C)c([N+](=O)[O-])c(OC)c1OC. The third-order valence-corrected chi connectivity index (χ3v) is 4.47. The van der Waals surface area contributed by atoms with Gasteiger partial charge in [-0.15, -0.1) is 0 Å². The van der Waals surface area contributed by atoms with E-state index in [2.05, 4.69) is 0 Å². The Hall–Kier alpha value is -3.29. The molecule has 1 amide bonds. The molecule has 2 aromatic rings. The van der Waals surface area contributed by atoms with Gasteiger partial charge in [0.05, 0.1) is 26.3 Å². The maximum atomic E-state index is 13.1. The molecule has 0 fully saturated rings. The lowest BCUT2D eigenvalue weighted by Gasteiger charge is -2.20. The van der Waals surface area contributed by atoms with Gasteiger partial charge in [-0.2, -0.15) is 0 Å². The van der Waals surface area contributed by atoms with Crippen molar-refractivity contribution >= 4 is 11.6 Å². The lowest BCUT2D eigenvalue weighted by Crippen LogP contribution is -2.27. The van der Waals surface area contributed by atoms with Crippen molar-refractivity contribution in [3.8, 4) is 17.2 Å². The summed E-state index contributed by atoms with van der Waals surface area (Å²) in [5, 5.41) is 11.7. The first-order valence-corrected chi connectivity index (χ1v) is 8.54. The van der Waals surface area contributed by atoms with E-state index in [1.165, 1.54) is 32.3 Å². The van der Waals surface area contributed by atoms with E-state index in [0.29, 0.717) is 6.54 Å². The van der Waals surface area contributed by atoms with E-state index in [1.807, 2.05) is 32.0 Å². The summed E-state index contributed by atoms with van der Waals surface area (Å²) in [5.41, 5.74) is 2.52. The number of amides is 1. The second kappa shape index (κ2) is 8.60. The molecule has 0 saturated heterocycles. The summed E-state index contributed by atoms with van der Waals surface area (Å²) in [6, 6.07) is 7.23. The molecule has 0 aromatic heterocycles. The summed E-state index contributed by atoms with van der Waals surface area (Å²) in [7, 11) is 5.60. The molecule has 2 aromatic carbocycles. The molecule has 8 heteroatoms. The summed E-state index contributed by atoms with van der Waals surface area (Å²) >= 11 is 0.